The summed E-state index contributed by atoms with van der Waals surface area (Å²) in [4.78, 5) is 9.96. The predicted octanol–water partition coefficient (Wildman–Crippen LogP) is 2.81. The van der Waals surface area contributed by atoms with Gasteiger partial charge in [-0.05, 0) is 24.0 Å². The van der Waals surface area contributed by atoms with E-state index in [9.17, 15) is 15.2 Å². The Morgan fingerprint density at radius 2 is 2.21 bits per heavy atom. The van der Waals surface area contributed by atoms with Crippen LogP contribution in [0.25, 0.3) is 0 Å². The van der Waals surface area contributed by atoms with Crippen LogP contribution in [0.15, 0.2) is 18.2 Å². The van der Waals surface area contributed by atoms with Crippen LogP contribution in [0.5, 0.6) is 5.75 Å². The summed E-state index contributed by atoms with van der Waals surface area (Å²) in [5.41, 5.74) is 0.666. The number of phenols is 1. The number of nitrogens with zero attached hydrogens (tertiary/aromatic N) is 1. The van der Waals surface area contributed by atoms with Crippen LogP contribution in [0.2, 0.25) is 0 Å². The molecule has 0 bridgehead atoms. The topological polar surface area (TPSA) is 63.4 Å². The molecule has 0 spiro atoms. The van der Waals surface area contributed by atoms with Gasteiger partial charge in [-0.2, -0.15) is 0 Å². The second-order valence-electron chi connectivity index (χ2n) is 3.31. The van der Waals surface area contributed by atoms with Gasteiger partial charge in [0.2, 0.25) is 0 Å². The minimum absolute atomic E-state index is 0.220. The maximum absolute atomic E-state index is 10.5. The molecule has 0 aliphatic heterocycles. The fourth-order valence-electron chi connectivity index (χ4n) is 1.23. The minimum atomic E-state index is -0.568. The summed E-state index contributed by atoms with van der Waals surface area (Å²) in [6.07, 6.45) is 0.919. The fraction of sp³-hybridized carbons (Fsp3) is 0.400. The summed E-state index contributed by atoms with van der Waals surface area (Å²) < 4.78 is 0. The summed E-state index contributed by atoms with van der Waals surface area (Å²) >= 11 is 0. The molecule has 14 heavy (non-hydrogen) atoms. The van der Waals surface area contributed by atoms with Gasteiger partial charge in [0.05, 0.1) is 4.92 Å². The van der Waals surface area contributed by atoms with Crippen LogP contribution in [0.1, 0.15) is 31.7 Å². The molecule has 1 N–H and O–H groups in total. The largest absolute Gasteiger partial charge is 0.502 e. The van der Waals surface area contributed by atoms with Crippen LogP contribution in [0.3, 0.4) is 0 Å². The molecule has 1 aromatic rings. The van der Waals surface area contributed by atoms with Gasteiger partial charge in [0.15, 0.2) is 5.75 Å². The van der Waals surface area contributed by atoms with Crippen molar-refractivity contribution in [3.05, 3.63) is 33.9 Å². The zero-order valence-corrected chi connectivity index (χ0v) is 8.23. The highest BCUT2D eigenvalue weighted by atomic mass is 16.6. The average Bonchev–Trinajstić information content (AvgIpc) is 2.17. The second kappa shape index (κ2) is 4.09. The molecule has 0 saturated carbocycles. The molecule has 1 aromatic carbocycles. The highest BCUT2D eigenvalue weighted by Crippen LogP contribution is 2.30. The molecule has 0 fully saturated rings. The number of hydrogen-bond acceptors (Lipinski definition) is 3. The maximum atomic E-state index is 10.5. The molecule has 0 saturated heterocycles. The number of nitro benzene ring substituents is 1. The summed E-state index contributed by atoms with van der Waals surface area (Å²) in [5, 5.41) is 19.7. The first-order chi connectivity index (χ1) is 6.56. The van der Waals surface area contributed by atoms with E-state index in [0.29, 0.717) is 0 Å². The lowest BCUT2D eigenvalue weighted by Gasteiger charge is -2.08. The van der Waals surface area contributed by atoms with E-state index in [1.807, 2.05) is 13.8 Å². The molecule has 0 radical (unpaired) electrons. The van der Waals surface area contributed by atoms with E-state index in [4.69, 9.17) is 0 Å². The Morgan fingerprint density at radius 3 is 2.71 bits per heavy atom. The Morgan fingerprint density at radius 1 is 1.57 bits per heavy atom. The molecule has 0 heterocycles. The Hall–Kier alpha value is -1.58. The molecule has 4 heteroatoms. The zero-order chi connectivity index (χ0) is 10.7. The van der Waals surface area contributed by atoms with Crippen molar-refractivity contribution in [2.45, 2.75) is 26.2 Å². The number of rotatable bonds is 3. The fourth-order valence-corrected chi connectivity index (χ4v) is 1.23. The molecular weight excluding hydrogens is 182 g/mol. The van der Waals surface area contributed by atoms with Crippen LogP contribution in [0, 0.1) is 10.1 Å². The van der Waals surface area contributed by atoms with E-state index < -0.39 is 4.92 Å². The van der Waals surface area contributed by atoms with Crippen LogP contribution in [-0.2, 0) is 0 Å². The van der Waals surface area contributed by atoms with Crippen molar-refractivity contribution in [1.29, 1.82) is 0 Å². The molecule has 4 nitrogen and oxygen atoms in total. The smallest absolute Gasteiger partial charge is 0.310 e. The Labute approximate surface area is 82.3 Å². The number of phenolic OH excluding ortho intramolecular Hbond substituents is 1. The van der Waals surface area contributed by atoms with E-state index >= 15 is 0 Å². The number of benzene rings is 1. The normalized spacial score (nSPS) is 12.4. The molecule has 1 atom stereocenters. The lowest BCUT2D eigenvalue weighted by atomic mass is 9.98. The number of hydrogen-bond donors (Lipinski definition) is 1. The Balaban J connectivity index is 3.12. The van der Waals surface area contributed by atoms with Gasteiger partial charge in [-0.15, -0.1) is 0 Å². The lowest BCUT2D eigenvalue weighted by molar-refractivity contribution is -0.385. The molecule has 0 aliphatic rings. The van der Waals surface area contributed by atoms with E-state index in [1.54, 1.807) is 6.07 Å². The average molecular weight is 195 g/mol. The van der Waals surface area contributed by atoms with E-state index in [2.05, 4.69) is 0 Å². The van der Waals surface area contributed by atoms with Crippen molar-refractivity contribution >= 4 is 5.69 Å². The molecule has 76 valence electrons. The van der Waals surface area contributed by atoms with Crippen molar-refractivity contribution in [3.63, 3.8) is 0 Å². The SMILES string of the molecule is CCC(C)c1ccc(O)c([N+](=O)[O-])c1. The van der Waals surface area contributed by atoms with Gasteiger partial charge in [0, 0.05) is 6.07 Å². The summed E-state index contributed by atoms with van der Waals surface area (Å²) in [5.74, 6) is -0.00338. The maximum Gasteiger partial charge on any atom is 0.310 e. The quantitative estimate of drug-likeness (QED) is 0.595. The monoisotopic (exact) mass is 195 g/mol. The number of aromatic hydroxyl groups is 1. The zero-order valence-electron chi connectivity index (χ0n) is 8.23. The molecule has 1 unspecified atom stereocenters. The van der Waals surface area contributed by atoms with Gasteiger partial charge in [0.25, 0.3) is 0 Å². The Bertz CT molecular complexity index is 349. The van der Waals surface area contributed by atoms with E-state index in [1.165, 1.54) is 12.1 Å². The summed E-state index contributed by atoms with van der Waals surface area (Å²) in [7, 11) is 0. The predicted molar refractivity (Wildman–Crippen MR) is 53.5 cm³/mol. The van der Waals surface area contributed by atoms with Gasteiger partial charge in [-0.1, -0.05) is 19.9 Å². The van der Waals surface area contributed by atoms with Crippen molar-refractivity contribution in [1.82, 2.24) is 0 Å². The third-order valence-electron chi connectivity index (χ3n) is 2.38. The second-order valence-corrected chi connectivity index (χ2v) is 3.31. The van der Waals surface area contributed by atoms with Gasteiger partial charge in [0.1, 0.15) is 0 Å². The first-order valence-electron chi connectivity index (χ1n) is 4.53. The molecule has 0 amide bonds. The van der Waals surface area contributed by atoms with Gasteiger partial charge < -0.3 is 5.11 Å². The van der Waals surface area contributed by atoms with E-state index in [-0.39, 0.29) is 17.4 Å². The van der Waals surface area contributed by atoms with Crippen LogP contribution in [-0.4, -0.2) is 10.0 Å². The minimum Gasteiger partial charge on any atom is -0.502 e. The van der Waals surface area contributed by atoms with Crippen LogP contribution in [0.4, 0.5) is 5.69 Å². The third-order valence-corrected chi connectivity index (χ3v) is 2.38. The first-order valence-corrected chi connectivity index (χ1v) is 4.53. The number of nitro groups is 1. The van der Waals surface area contributed by atoms with Crippen LogP contribution < -0.4 is 0 Å². The van der Waals surface area contributed by atoms with Gasteiger partial charge in [-0.25, -0.2) is 0 Å². The van der Waals surface area contributed by atoms with E-state index in [0.717, 1.165) is 12.0 Å². The van der Waals surface area contributed by atoms with Crippen molar-refractivity contribution in [3.8, 4) is 5.75 Å². The standard InChI is InChI=1S/C10H13NO3/c1-3-7(2)8-4-5-10(12)9(6-8)11(13)14/h4-7,12H,3H2,1-2H3. The molecule has 1 rings (SSSR count). The van der Waals surface area contributed by atoms with Crippen molar-refractivity contribution in [2.75, 3.05) is 0 Å². The lowest BCUT2D eigenvalue weighted by Crippen LogP contribution is -1.94. The van der Waals surface area contributed by atoms with Crippen molar-refractivity contribution < 1.29 is 10.0 Å². The molecule has 0 aliphatic carbocycles. The van der Waals surface area contributed by atoms with Crippen LogP contribution >= 0.6 is 0 Å². The third kappa shape index (κ3) is 2.02. The Kier molecular flexibility index (Phi) is 3.06. The van der Waals surface area contributed by atoms with Gasteiger partial charge in [-0.3, -0.25) is 10.1 Å². The molecular formula is C10H13NO3. The van der Waals surface area contributed by atoms with Crippen molar-refractivity contribution in [2.24, 2.45) is 0 Å². The summed E-state index contributed by atoms with van der Waals surface area (Å²) in [6.45, 7) is 4.01. The highest BCUT2D eigenvalue weighted by molar-refractivity contribution is 5.48. The highest BCUT2D eigenvalue weighted by Gasteiger charge is 2.15. The first kappa shape index (κ1) is 10.5. The summed E-state index contributed by atoms with van der Waals surface area (Å²) in [6, 6.07) is 4.53. The molecule has 0 aromatic heterocycles. The van der Waals surface area contributed by atoms with Gasteiger partial charge >= 0.3 is 5.69 Å².